The van der Waals surface area contributed by atoms with Crippen LogP contribution >= 0.6 is 0 Å². The van der Waals surface area contributed by atoms with Crippen molar-refractivity contribution in [2.45, 2.75) is 6.42 Å². The van der Waals surface area contributed by atoms with Crippen LogP contribution in [0.3, 0.4) is 0 Å². The quantitative estimate of drug-likeness (QED) is 0.445. The van der Waals surface area contributed by atoms with Crippen LogP contribution < -0.4 is 0 Å². The predicted molar refractivity (Wildman–Crippen MR) is 97.2 cm³/mol. The number of hydrogen-bond donors (Lipinski definition) is 0. The minimum Gasteiger partial charge on any atom is -0.299 e. The Balaban J connectivity index is 1.79. The molecular formula is C21H15N3. The van der Waals surface area contributed by atoms with E-state index in [0.717, 1.165) is 17.8 Å². The molecule has 0 atom stereocenters. The summed E-state index contributed by atoms with van der Waals surface area (Å²) < 4.78 is 2.17. The molecule has 3 heteroatoms. The van der Waals surface area contributed by atoms with Crippen LogP contribution in [-0.2, 0) is 6.42 Å². The van der Waals surface area contributed by atoms with E-state index in [-0.39, 0.29) is 0 Å². The highest BCUT2D eigenvalue weighted by atomic mass is 15.0. The molecule has 2 aromatic carbocycles. The normalized spacial score (nSPS) is 11.5. The smallest absolute Gasteiger partial charge is 0.145 e. The Morgan fingerprint density at radius 3 is 2.58 bits per heavy atom. The number of hydrogen-bond acceptors (Lipinski definition) is 2. The third-order valence-corrected chi connectivity index (χ3v) is 4.53. The van der Waals surface area contributed by atoms with Crippen molar-refractivity contribution >= 4 is 27.3 Å². The SMILES string of the molecule is c1ccc(Cc2ccc3c4ccccc4n4ccnc4c3c2)nc1. The number of pyridine rings is 2. The highest BCUT2D eigenvalue weighted by molar-refractivity contribution is 6.11. The van der Waals surface area contributed by atoms with Crippen molar-refractivity contribution in [3.8, 4) is 0 Å². The first-order valence-corrected chi connectivity index (χ1v) is 8.06. The predicted octanol–water partition coefficient (Wildman–Crippen LogP) is 4.63. The molecular weight excluding hydrogens is 294 g/mol. The zero-order valence-corrected chi connectivity index (χ0v) is 13.1. The first kappa shape index (κ1) is 13.3. The molecule has 3 heterocycles. The van der Waals surface area contributed by atoms with Crippen molar-refractivity contribution in [2.24, 2.45) is 0 Å². The molecule has 0 spiro atoms. The second kappa shape index (κ2) is 5.17. The highest BCUT2D eigenvalue weighted by Crippen LogP contribution is 2.29. The van der Waals surface area contributed by atoms with Crippen LogP contribution in [0.4, 0.5) is 0 Å². The maximum Gasteiger partial charge on any atom is 0.145 e. The molecule has 24 heavy (non-hydrogen) atoms. The van der Waals surface area contributed by atoms with Gasteiger partial charge in [0.15, 0.2) is 0 Å². The van der Waals surface area contributed by atoms with Gasteiger partial charge in [-0.3, -0.25) is 9.38 Å². The van der Waals surface area contributed by atoms with E-state index in [1.165, 1.54) is 27.2 Å². The minimum atomic E-state index is 0.830. The van der Waals surface area contributed by atoms with Crippen molar-refractivity contribution < 1.29 is 0 Å². The van der Waals surface area contributed by atoms with Gasteiger partial charge in [-0.1, -0.05) is 36.4 Å². The maximum absolute atomic E-state index is 4.59. The fraction of sp³-hybridized carbons (Fsp3) is 0.0476. The van der Waals surface area contributed by atoms with E-state index >= 15 is 0 Å². The molecule has 0 bridgehead atoms. The third-order valence-electron chi connectivity index (χ3n) is 4.53. The molecule has 0 saturated carbocycles. The van der Waals surface area contributed by atoms with Gasteiger partial charge in [-0.25, -0.2) is 4.98 Å². The van der Waals surface area contributed by atoms with E-state index in [9.17, 15) is 0 Å². The first-order chi connectivity index (χ1) is 11.9. The lowest BCUT2D eigenvalue weighted by molar-refractivity contribution is 1.08. The molecule has 114 valence electrons. The van der Waals surface area contributed by atoms with Crippen LogP contribution in [0, 0.1) is 0 Å². The Bertz CT molecular complexity index is 1170. The molecule has 0 amide bonds. The number of aromatic nitrogens is 3. The summed E-state index contributed by atoms with van der Waals surface area (Å²) in [5.41, 5.74) is 4.53. The third kappa shape index (κ3) is 1.98. The topological polar surface area (TPSA) is 30.2 Å². The zero-order chi connectivity index (χ0) is 15.9. The second-order valence-corrected chi connectivity index (χ2v) is 6.02. The van der Waals surface area contributed by atoms with Crippen molar-refractivity contribution in [2.75, 3.05) is 0 Å². The Hall–Kier alpha value is -3.20. The summed E-state index contributed by atoms with van der Waals surface area (Å²) in [7, 11) is 0. The van der Waals surface area contributed by atoms with E-state index in [4.69, 9.17) is 0 Å². The molecule has 0 radical (unpaired) electrons. The van der Waals surface area contributed by atoms with Crippen molar-refractivity contribution in [1.82, 2.24) is 14.4 Å². The van der Waals surface area contributed by atoms with Gasteiger partial charge in [0.05, 0.1) is 5.52 Å². The average Bonchev–Trinajstić information content (AvgIpc) is 3.13. The van der Waals surface area contributed by atoms with E-state index in [1.807, 2.05) is 30.7 Å². The van der Waals surface area contributed by atoms with Gasteiger partial charge in [0, 0.05) is 41.5 Å². The van der Waals surface area contributed by atoms with Crippen LogP contribution in [0.25, 0.3) is 27.3 Å². The molecule has 0 aliphatic rings. The first-order valence-electron chi connectivity index (χ1n) is 8.06. The summed E-state index contributed by atoms with van der Waals surface area (Å²) in [6, 6.07) is 21.2. The number of imidazole rings is 1. The highest BCUT2D eigenvalue weighted by Gasteiger charge is 2.09. The molecule has 5 rings (SSSR count). The molecule has 3 nitrogen and oxygen atoms in total. The van der Waals surface area contributed by atoms with Gasteiger partial charge < -0.3 is 0 Å². The van der Waals surface area contributed by atoms with E-state index in [0.29, 0.717) is 0 Å². The lowest BCUT2D eigenvalue weighted by Crippen LogP contribution is -1.94. The van der Waals surface area contributed by atoms with Crippen molar-refractivity contribution in [3.63, 3.8) is 0 Å². The zero-order valence-electron chi connectivity index (χ0n) is 13.1. The number of nitrogens with zero attached hydrogens (tertiary/aromatic N) is 3. The minimum absolute atomic E-state index is 0.830. The summed E-state index contributed by atoms with van der Waals surface area (Å²) in [5, 5.41) is 3.68. The number of benzene rings is 2. The molecule has 3 aromatic heterocycles. The van der Waals surface area contributed by atoms with Gasteiger partial charge in [-0.05, 0) is 35.2 Å². The van der Waals surface area contributed by atoms with Gasteiger partial charge in [-0.2, -0.15) is 0 Å². The van der Waals surface area contributed by atoms with Gasteiger partial charge in [-0.15, -0.1) is 0 Å². The number of rotatable bonds is 2. The van der Waals surface area contributed by atoms with Crippen molar-refractivity contribution in [1.29, 1.82) is 0 Å². The van der Waals surface area contributed by atoms with Gasteiger partial charge >= 0.3 is 0 Å². The second-order valence-electron chi connectivity index (χ2n) is 6.02. The molecule has 0 aliphatic carbocycles. The van der Waals surface area contributed by atoms with Crippen LogP contribution in [0.5, 0.6) is 0 Å². The molecule has 0 saturated heterocycles. The molecule has 0 fully saturated rings. The Morgan fingerprint density at radius 1 is 0.750 bits per heavy atom. The van der Waals surface area contributed by atoms with Gasteiger partial charge in [0.1, 0.15) is 5.65 Å². The van der Waals surface area contributed by atoms with E-state index in [2.05, 4.69) is 62.9 Å². The summed E-state index contributed by atoms with van der Waals surface area (Å²) >= 11 is 0. The Kier molecular flexibility index (Phi) is 2.85. The van der Waals surface area contributed by atoms with Crippen LogP contribution in [0.1, 0.15) is 11.3 Å². The standard InChI is InChI=1S/C21H15N3/c1-2-7-20-18(6-1)17-9-8-15(13-16-5-3-4-10-22-16)14-19(17)21-23-11-12-24(20)21/h1-12,14H,13H2. The Morgan fingerprint density at radius 2 is 1.67 bits per heavy atom. The largest absolute Gasteiger partial charge is 0.299 e. The fourth-order valence-electron chi connectivity index (χ4n) is 3.44. The Labute approximate surface area is 139 Å². The monoisotopic (exact) mass is 309 g/mol. The molecule has 0 N–H and O–H groups in total. The van der Waals surface area contributed by atoms with Gasteiger partial charge in [0.2, 0.25) is 0 Å². The van der Waals surface area contributed by atoms with E-state index < -0.39 is 0 Å². The summed E-state index contributed by atoms with van der Waals surface area (Å²) in [4.78, 5) is 9.03. The summed E-state index contributed by atoms with van der Waals surface area (Å²) in [6.45, 7) is 0. The number of para-hydroxylation sites is 1. The van der Waals surface area contributed by atoms with Crippen LogP contribution in [-0.4, -0.2) is 14.4 Å². The fourth-order valence-corrected chi connectivity index (χ4v) is 3.44. The van der Waals surface area contributed by atoms with E-state index in [1.54, 1.807) is 0 Å². The van der Waals surface area contributed by atoms with Crippen LogP contribution in [0.2, 0.25) is 0 Å². The molecule has 0 aliphatic heterocycles. The maximum atomic E-state index is 4.59. The molecule has 5 aromatic rings. The summed E-state index contributed by atoms with van der Waals surface area (Å²) in [5.74, 6) is 0. The van der Waals surface area contributed by atoms with Gasteiger partial charge in [0.25, 0.3) is 0 Å². The number of fused-ring (bicyclic) bond motifs is 6. The molecule has 0 unspecified atom stereocenters. The summed E-state index contributed by atoms with van der Waals surface area (Å²) in [6.07, 6.45) is 6.57. The lowest BCUT2D eigenvalue weighted by Gasteiger charge is -2.10. The van der Waals surface area contributed by atoms with Crippen molar-refractivity contribution in [3.05, 3.63) is 90.5 Å². The lowest BCUT2D eigenvalue weighted by atomic mass is 10.0. The average molecular weight is 309 g/mol. The van der Waals surface area contributed by atoms with Crippen LogP contribution in [0.15, 0.2) is 79.3 Å².